The van der Waals surface area contributed by atoms with Crippen molar-refractivity contribution in [3.05, 3.63) is 32.5 Å². The zero-order valence-corrected chi connectivity index (χ0v) is 11.8. The van der Waals surface area contributed by atoms with Gasteiger partial charge >= 0.3 is 0 Å². The molecule has 2 nitrogen and oxygen atoms in total. The molecular formula is C16H23NO. The van der Waals surface area contributed by atoms with Gasteiger partial charge in [0.05, 0.1) is 6.61 Å². The highest BCUT2D eigenvalue weighted by molar-refractivity contribution is 5.42. The van der Waals surface area contributed by atoms with Crippen molar-refractivity contribution in [2.45, 2.75) is 34.3 Å². The molecule has 1 N–H and O–H groups in total. The number of rotatable bonds is 2. The van der Waals surface area contributed by atoms with Crippen LogP contribution in [0, 0.1) is 0 Å². The molecular weight excluding hydrogens is 222 g/mol. The average molecular weight is 245 g/mol. The van der Waals surface area contributed by atoms with Crippen LogP contribution >= 0.6 is 0 Å². The van der Waals surface area contributed by atoms with E-state index >= 15 is 0 Å². The standard InChI is InChI=1S/C14H17NO.C2H6/c1-5-12-11(9-16)7-10(3)14(8-15-4)13(12)6-2;1-2/h5-8,16H,3-4,9H2,1-2H3;1-2H3/b12-5-,13-6+,14-8+;. The Morgan fingerprint density at radius 3 is 2.11 bits per heavy atom. The second-order valence-electron chi connectivity index (χ2n) is 3.48. The molecule has 1 rings (SSSR count). The van der Waals surface area contributed by atoms with E-state index in [-0.39, 0.29) is 6.61 Å². The Kier molecular flexibility index (Phi) is 7.64. The highest BCUT2D eigenvalue weighted by atomic mass is 16.3. The monoisotopic (exact) mass is 245 g/mol. The SMILES string of the molecule is C=N\C=c1/c(=C)cc(CO)c(=C/C)/c1=C\C.CC. The normalized spacial score (nSPS) is 13.3. The Labute approximate surface area is 109 Å². The van der Waals surface area contributed by atoms with E-state index in [2.05, 4.69) is 18.3 Å². The predicted molar refractivity (Wildman–Crippen MR) is 82.0 cm³/mol. The first-order chi connectivity index (χ1) is 8.69. The molecule has 2 heteroatoms. The van der Waals surface area contributed by atoms with Gasteiger partial charge in [0, 0.05) is 11.4 Å². The van der Waals surface area contributed by atoms with Crippen molar-refractivity contribution in [1.29, 1.82) is 0 Å². The van der Waals surface area contributed by atoms with E-state index in [0.29, 0.717) is 0 Å². The molecule has 0 aliphatic heterocycles. The minimum atomic E-state index is 0.0187. The van der Waals surface area contributed by atoms with E-state index in [4.69, 9.17) is 0 Å². The lowest BCUT2D eigenvalue weighted by molar-refractivity contribution is 0.280. The number of hydrogen-bond acceptors (Lipinski definition) is 2. The Bertz CT molecular complexity index is 612. The van der Waals surface area contributed by atoms with Crippen LogP contribution < -0.4 is 20.9 Å². The predicted octanol–water partition coefficient (Wildman–Crippen LogP) is 0.655. The van der Waals surface area contributed by atoms with Crippen LogP contribution in [0.5, 0.6) is 0 Å². The van der Waals surface area contributed by atoms with Crippen LogP contribution in [0.25, 0.3) is 24.9 Å². The van der Waals surface area contributed by atoms with E-state index in [9.17, 15) is 5.11 Å². The molecule has 1 aromatic rings. The summed E-state index contributed by atoms with van der Waals surface area (Å²) in [6, 6.07) is 1.89. The fourth-order valence-corrected chi connectivity index (χ4v) is 1.88. The second-order valence-corrected chi connectivity index (χ2v) is 3.48. The highest BCUT2D eigenvalue weighted by Gasteiger charge is 1.97. The molecule has 0 spiro atoms. The van der Waals surface area contributed by atoms with Crippen molar-refractivity contribution in [2.24, 2.45) is 4.99 Å². The lowest BCUT2D eigenvalue weighted by Crippen LogP contribution is -2.49. The van der Waals surface area contributed by atoms with Crippen LogP contribution in [-0.4, -0.2) is 11.8 Å². The first kappa shape index (κ1) is 16.3. The van der Waals surface area contributed by atoms with Gasteiger partial charge in [-0.2, -0.15) is 0 Å². The van der Waals surface area contributed by atoms with Crippen molar-refractivity contribution in [1.82, 2.24) is 0 Å². The summed E-state index contributed by atoms with van der Waals surface area (Å²) in [5, 5.41) is 13.2. The third-order valence-corrected chi connectivity index (χ3v) is 2.59. The molecule has 0 unspecified atom stereocenters. The Morgan fingerprint density at radius 2 is 1.72 bits per heavy atom. The molecule has 1 aromatic carbocycles. The largest absolute Gasteiger partial charge is 0.392 e. The molecule has 0 radical (unpaired) electrons. The van der Waals surface area contributed by atoms with Gasteiger partial charge in [0.15, 0.2) is 0 Å². The molecule has 0 atom stereocenters. The number of benzene rings is 1. The zero-order valence-electron chi connectivity index (χ0n) is 11.8. The van der Waals surface area contributed by atoms with Gasteiger partial charge in [-0.25, -0.2) is 0 Å². The van der Waals surface area contributed by atoms with Crippen LogP contribution in [0.1, 0.15) is 33.3 Å². The van der Waals surface area contributed by atoms with Gasteiger partial charge < -0.3 is 5.11 Å². The quantitative estimate of drug-likeness (QED) is 0.763. The minimum absolute atomic E-state index is 0.0187. The molecule has 18 heavy (non-hydrogen) atoms. The van der Waals surface area contributed by atoms with Crippen LogP contribution in [-0.2, 0) is 6.61 Å². The van der Waals surface area contributed by atoms with Crippen molar-refractivity contribution in [3.63, 3.8) is 0 Å². The van der Waals surface area contributed by atoms with Crippen molar-refractivity contribution >= 4 is 31.6 Å². The summed E-state index contributed by atoms with van der Waals surface area (Å²) in [6.45, 7) is 15.4. The van der Waals surface area contributed by atoms with Crippen molar-refractivity contribution < 1.29 is 5.11 Å². The first-order valence-corrected chi connectivity index (χ1v) is 6.20. The molecule has 0 saturated carbocycles. The van der Waals surface area contributed by atoms with Gasteiger partial charge in [-0.05, 0) is 47.9 Å². The van der Waals surface area contributed by atoms with E-state index < -0.39 is 0 Å². The maximum atomic E-state index is 9.31. The number of aliphatic hydroxyl groups excluding tert-OH is 1. The van der Waals surface area contributed by atoms with Crippen LogP contribution in [0.4, 0.5) is 0 Å². The van der Waals surface area contributed by atoms with Gasteiger partial charge in [0.1, 0.15) is 0 Å². The summed E-state index contributed by atoms with van der Waals surface area (Å²) in [7, 11) is 0. The highest BCUT2D eigenvalue weighted by Crippen LogP contribution is 1.81. The Hall–Kier alpha value is -1.67. The first-order valence-electron chi connectivity index (χ1n) is 6.20. The minimum Gasteiger partial charge on any atom is -0.392 e. The lowest BCUT2D eigenvalue weighted by Gasteiger charge is -2.01. The Balaban J connectivity index is 0.00000137. The Morgan fingerprint density at radius 1 is 1.17 bits per heavy atom. The van der Waals surface area contributed by atoms with Crippen molar-refractivity contribution in [2.75, 3.05) is 0 Å². The van der Waals surface area contributed by atoms with Gasteiger partial charge in [-0.3, -0.25) is 4.99 Å². The average Bonchev–Trinajstić information content (AvgIpc) is 2.42. The number of hydrogen-bond donors (Lipinski definition) is 1. The molecule has 0 aromatic heterocycles. The van der Waals surface area contributed by atoms with Crippen molar-refractivity contribution in [3.8, 4) is 0 Å². The van der Waals surface area contributed by atoms with Crippen LogP contribution in [0.15, 0.2) is 11.1 Å². The fraction of sp³-hybridized carbons (Fsp3) is 0.312. The van der Waals surface area contributed by atoms with E-state index in [1.165, 1.54) is 0 Å². The number of aliphatic hydroxyl groups is 1. The fourth-order valence-electron chi connectivity index (χ4n) is 1.88. The summed E-state index contributed by atoms with van der Waals surface area (Å²) < 4.78 is 0. The van der Waals surface area contributed by atoms with Gasteiger partial charge in [-0.15, -0.1) is 0 Å². The topological polar surface area (TPSA) is 32.6 Å². The molecule has 0 heterocycles. The van der Waals surface area contributed by atoms with Gasteiger partial charge in [0.25, 0.3) is 0 Å². The molecule has 0 bridgehead atoms. The number of aliphatic imine (C=N–C) groups is 1. The van der Waals surface area contributed by atoms with E-state index in [1.54, 1.807) is 6.20 Å². The molecule has 0 amide bonds. The molecule has 0 saturated heterocycles. The molecule has 0 aliphatic rings. The maximum absolute atomic E-state index is 9.31. The van der Waals surface area contributed by atoms with Crippen LogP contribution in [0.2, 0.25) is 0 Å². The summed E-state index contributed by atoms with van der Waals surface area (Å²) in [5.74, 6) is 0. The van der Waals surface area contributed by atoms with E-state index in [0.717, 1.165) is 26.4 Å². The lowest BCUT2D eigenvalue weighted by atomic mass is 10.1. The molecule has 0 aliphatic carbocycles. The van der Waals surface area contributed by atoms with Crippen LogP contribution in [0.3, 0.4) is 0 Å². The van der Waals surface area contributed by atoms with E-state index in [1.807, 2.05) is 45.9 Å². The number of nitrogens with zero attached hydrogens (tertiary/aromatic N) is 1. The zero-order chi connectivity index (χ0) is 14.1. The maximum Gasteiger partial charge on any atom is 0.0687 e. The molecule has 0 fully saturated rings. The molecule has 98 valence electrons. The summed E-state index contributed by atoms with van der Waals surface area (Å²) in [4.78, 5) is 3.79. The summed E-state index contributed by atoms with van der Waals surface area (Å²) >= 11 is 0. The third-order valence-electron chi connectivity index (χ3n) is 2.59. The summed E-state index contributed by atoms with van der Waals surface area (Å²) in [6.07, 6.45) is 5.69. The third kappa shape index (κ3) is 3.41. The summed E-state index contributed by atoms with van der Waals surface area (Å²) in [5.41, 5.74) is 0.891. The smallest absolute Gasteiger partial charge is 0.0687 e. The van der Waals surface area contributed by atoms with Gasteiger partial charge in [-0.1, -0.05) is 32.6 Å². The second kappa shape index (κ2) is 8.43. The van der Waals surface area contributed by atoms with Gasteiger partial charge in [0.2, 0.25) is 0 Å².